The summed E-state index contributed by atoms with van der Waals surface area (Å²) in [5.41, 5.74) is 0.949. The van der Waals surface area contributed by atoms with Crippen molar-refractivity contribution in [1.82, 2.24) is 0 Å². The first-order chi connectivity index (χ1) is 8.69. The fourth-order valence-corrected chi connectivity index (χ4v) is 2.24. The Morgan fingerprint density at radius 2 is 1.72 bits per heavy atom. The minimum absolute atomic E-state index is 0.0697. The van der Waals surface area contributed by atoms with Gasteiger partial charge in [0.15, 0.2) is 11.5 Å². The molecule has 1 atom stereocenters. The van der Waals surface area contributed by atoms with Crippen LogP contribution in [0.25, 0.3) is 0 Å². The van der Waals surface area contributed by atoms with Crippen molar-refractivity contribution in [2.24, 2.45) is 0 Å². The van der Waals surface area contributed by atoms with Crippen molar-refractivity contribution in [3.8, 4) is 17.2 Å². The molecular formula is C14H21ClO3. The number of hydrogen-bond acceptors (Lipinski definition) is 3. The highest BCUT2D eigenvalue weighted by molar-refractivity contribution is 6.21. The SMILES string of the molecule is CCCCC(Cl)c1ccc(OC)c(OC)c1OC. The number of alkyl halides is 1. The number of benzene rings is 1. The van der Waals surface area contributed by atoms with Gasteiger partial charge in [-0.25, -0.2) is 0 Å². The molecule has 1 unspecified atom stereocenters. The van der Waals surface area contributed by atoms with Crippen LogP contribution in [0.3, 0.4) is 0 Å². The molecule has 18 heavy (non-hydrogen) atoms. The molecule has 1 aromatic carbocycles. The fourth-order valence-electron chi connectivity index (χ4n) is 1.91. The Bertz CT molecular complexity index is 380. The van der Waals surface area contributed by atoms with Crippen molar-refractivity contribution < 1.29 is 14.2 Å². The van der Waals surface area contributed by atoms with Crippen LogP contribution in [0, 0.1) is 0 Å². The van der Waals surface area contributed by atoms with E-state index in [1.165, 1.54) is 0 Å². The Morgan fingerprint density at radius 1 is 1.06 bits per heavy atom. The van der Waals surface area contributed by atoms with Gasteiger partial charge in [-0.2, -0.15) is 0 Å². The number of ether oxygens (including phenoxy) is 3. The summed E-state index contributed by atoms with van der Waals surface area (Å²) in [5, 5.41) is -0.0697. The number of hydrogen-bond donors (Lipinski definition) is 0. The average Bonchev–Trinajstić information content (AvgIpc) is 2.42. The van der Waals surface area contributed by atoms with Gasteiger partial charge in [0, 0.05) is 5.56 Å². The van der Waals surface area contributed by atoms with Crippen LogP contribution in [-0.4, -0.2) is 21.3 Å². The lowest BCUT2D eigenvalue weighted by atomic mass is 10.0. The second kappa shape index (κ2) is 7.37. The third kappa shape index (κ3) is 3.22. The van der Waals surface area contributed by atoms with E-state index in [0.717, 1.165) is 24.8 Å². The quantitative estimate of drug-likeness (QED) is 0.697. The van der Waals surface area contributed by atoms with Gasteiger partial charge < -0.3 is 14.2 Å². The molecule has 0 aromatic heterocycles. The van der Waals surface area contributed by atoms with Crippen LogP contribution >= 0.6 is 11.6 Å². The average molecular weight is 273 g/mol. The first-order valence-corrected chi connectivity index (χ1v) is 6.56. The predicted octanol–water partition coefficient (Wildman–Crippen LogP) is 4.18. The van der Waals surface area contributed by atoms with E-state index in [-0.39, 0.29) is 5.38 Å². The lowest BCUT2D eigenvalue weighted by Gasteiger charge is -2.18. The summed E-state index contributed by atoms with van der Waals surface area (Å²) in [5.74, 6) is 1.91. The molecule has 0 saturated carbocycles. The summed E-state index contributed by atoms with van der Waals surface area (Å²) >= 11 is 6.42. The lowest BCUT2D eigenvalue weighted by Crippen LogP contribution is -2.00. The first-order valence-electron chi connectivity index (χ1n) is 6.12. The number of halogens is 1. The van der Waals surface area contributed by atoms with E-state index in [2.05, 4.69) is 6.92 Å². The minimum Gasteiger partial charge on any atom is -0.493 e. The van der Waals surface area contributed by atoms with Gasteiger partial charge in [-0.15, -0.1) is 11.6 Å². The van der Waals surface area contributed by atoms with Gasteiger partial charge in [-0.1, -0.05) is 19.8 Å². The number of rotatable bonds is 7. The molecule has 0 spiro atoms. The minimum atomic E-state index is -0.0697. The molecule has 1 aromatic rings. The van der Waals surface area contributed by atoms with Crippen LogP contribution in [-0.2, 0) is 0 Å². The molecule has 0 aliphatic carbocycles. The van der Waals surface area contributed by atoms with E-state index < -0.39 is 0 Å². The molecule has 0 heterocycles. The largest absolute Gasteiger partial charge is 0.493 e. The smallest absolute Gasteiger partial charge is 0.203 e. The van der Waals surface area contributed by atoms with Gasteiger partial charge in [-0.3, -0.25) is 0 Å². The zero-order valence-corrected chi connectivity index (χ0v) is 12.2. The summed E-state index contributed by atoms with van der Waals surface area (Å²) in [4.78, 5) is 0. The molecule has 0 fully saturated rings. The molecule has 0 saturated heterocycles. The van der Waals surface area contributed by atoms with Gasteiger partial charge in [0.05, 0.1) is 26.7 Å². The monoisotopic (exact) mass is 272 g/mol. The topological polar surface area (TPSA) is 27.7 Å². The van der Waals surface area contributed by atoms with Gasteiger partial charge in [0.25, 0.3) is 0 Å². The highest BCUT2D eigenvalue weighted by atomic mass is 35.5. The van der Waals surface area contributed by atoms with Gasteiger partial charge in [0.1, 0.15) is 0 Å². The Morgan fingerprint density at radius 3 is 2.22 bits per heavy atom. The second-order valence-corrected chi connectivity index (χ2v) is 4.56. The molecule has 3 nitrogen and oxygen atoms in total. The van der Waals surface area contributed by atoms with Crippen LogP contribution in [0.1, 0.15) is 37.1 Å². The van der Waals surface area contributed by atoms with Gasteiger partial charge in [-0.05, 0) is 18.6 Å². The zero-order chi connectivity index (χ0) is 13.5. The fraction of sp³-hybridized carbons (Fsp3) is 0.571. The molecule has 102 valence electrons. The number of unbranched alkanes of at least 4 members (excludes halogenated alkanes) is 1. The van der Waals surface area contributed by atoms with Crippen LogP contribution in [0.5, 0.6) is 17.2 Å². The highest BCUT2D eigenvalue weighted by Crippen LogP contribution is 2.44. The molecule has 0 aliphatic rings. The Hall–Kier alpha value is -1.09. The second-order valence-electron chi connectivity index (χ2n) is 4.03. The Kier molecular flexibility index (Phi) is 6.13. The van der Waals surface area contributed by atoms with Crippen molar-refractivity contribution in [2.75, 3.05) is 21.3 Å². The summed E-state index contributed by atoms with van der Waals surface area (Å²) in [6.07, 6.45) is 3.13. The van der Waals surface area contributed by atoms with E-state index in [1.54, 1.807) is 21.3 Å². The van der Waals surface area contributed by atoms with Crippen molar-refractivity contribution >= 4 is 11.6 Å². The van der Waals surface area contributed by atoms with Crippen molar-refractivity contribution in [2.45, 2.75) is 31.6 Å². The zero-order valence-electron chi connectivity index (χ0n) is 11.5. The van der Waals surface area contributed by atoms with Gasteiger partial charge >= 0.3 is 0 Å². The van der Waals surface area contributed by atoms with Crippen molar-refractivity contribution in [3.63, 3.8) is 0 Å². The van der Waals surface area contributed by atoms with Crippen LogP contribution < -0.4 is 14.2 Å². The summed E-state index contributed by atoms with van der Waals surface area (Å²) in [7, 11) is 4.82. The molecule has 4 heteroatoms. The molecule has 0 aliphatic heterocycles. The molecule has 1 rings (SSSR count). The summed E-state index contributed by atoms with van der Waals surface area (Å²) in [6.45, 7) is 2.15. The molecule has 0 bridgehead atoms. The van der Waals surface area contributed by atoms with Gasteiger partial charge in [0.2, 0.25) is 5.75 Å². The summed E-state index contributed by atoms with van der Waals surface area (Å²) < 4.78 is 16.0. The predicted molar refractivity (Wildman–Crippen MR) is 74.2 cm³/mol. The first kappa shape index (κ1) is 15.0. The third-order valence-electron chi connectivity index (χ3n) is 2.88. The van der Waals surface area contributed by atoms with Crippen LogP contribution in [0.2, 0.25) is 0 Å². The molecular weight excluding hydrogens is 252 g/mol. The van der Waals surface area contributed by atoms with E-state index in [4.69, 9.17) is 25.8 Å². The van der Waals surface area contributed by atoms with E-state index in [9.17, 15) is 0 Å². The molecule has 0 amide bonds. The summed E-state index contributed by atoms with van der Waals surface area (Å²) in [6, 6.07) is 3.80. The highest BCUT2D eigenvalue weighted by Gasteiger charge is 2.20. The maximum absolute atomic E-state index is 6.42. The maximum atomic E-state index is 6.42. The number of methoxy groups -OCH3 is 3. The van der Waals surface area contributed by atoms with Crippen LogP contribution in [0.4, 0.5) is 0 Å². The van der Waals surface area contributed by atoms with E-state index >= 15 is 0 Å². The van der Waals surface area contributed by atoms with E-state index in [0.29, 0.717) is 17.2 Å². The van der Waals surface area contributed by atoms with E-state index in [1.807, 2.05) is 12.1 Å². The van der Waals surface area contributed by atoms with Crippen LogP contribution in [0.15, 0.2) is 12.1 Å². The third-order valence-corrected chi connectivity index (χ3v) is 3.34. The molecule has 0 N–H and O–H groups in total. The van der Waals surface area contributed by atoms with Crippen molar-refractivity contribution in [1.29, 1.82) is 0 Å². The lowest BCUT2D eigenvalue weighted by molar-refractivity contribution is 0.321. The Labute approximate surface area is 114 Å². The molecule has 0 radical (unpaired) electrons. The standard InChI is InChI=1S/C14H21ClO3/c1-5-6-7-11(15)10-8-9-12(16-2)14(18-4)13(10)17-3/h8-9,11H,5-7H2,1-4H3. The Balaban J connectivity index is 3.11. The maximum Gasteiger partial charge on any atom is 0.203 e. The normalized spacial score (nSPS) is 12.1. The van der Waals surface area contributed by atoms with Crippen molar-refractivity contribution in [3.05, 3.63) is 17.7 Å².